The van der Waals surface area contributed by atoms with Gasteiger partial charge in [-0.25, -0.2) is 0 Å². The van der Waals surface area contributed by atoms with Gasteiger partial charge in [-0.3, -0.25) is 0 Å². The third kappa shape index (κ3) is 3.29. The van der Waals surface area contributed by atoms with Crippen LogP contribution < -0.4 is 5.32 Å². The van der Waals surface area contributed by atoms with Crippen LogP contribution in [-0.4, -0.2) is 6.54 Å². The Bertz CT molecular complexity index is 215. The average Bonchev–Trinajstić information content (AvgIpc) is 1.94. The summed E-state index contributed by atoms with van der Waals surface area (Å²) in [5.41, 5.74) is 1.23. The second-order valence-corrected chi connectivity index (χ2v) is 3.17. The molecule has 0 unspecified atom stereocenters. The van der Waals surface area contributed by atoms with Crippen LogP contribution >= 0.6 is 35.0 Å². The molecule has 1 aromatic rings. The lowest BCUT2D eigenvalue weighted by Gasteiger charge is -2.03. The van der Waals surface area contributed by atoms with Gasteiger partial charge < -0.3 is 5.32 Å². The molecule has 0 amide bonds. The topological polar surface area (TPSA) is 12.0 Å². The maximum Gasteiger partial charge on any atom is 0.0475 e. The number of hydrogen-bond acceptors (Lipinski definition) is 1. The molecule has 62 valence electrons. The van der Waals surface area contributed by atoms with Crippen molar-refractivity contribution < 1.29 is 0 Å². The van der Waals surface area contributed by atoms with Crippen LogP contribution in [0.3, 0.4) is 0 Å². The first-order chi connectivity index (χ1) is 4.84. The Labute approximate surface area is 87.1 Å². The monoisotopic (exact) mass is 283 g/mol. The van der Waals surface area contributed by atoms with Crippen LogP contribution in [0.25, 0.3) is 0 Å². The fourth-order valence-corrected chi connectivity index (χ4v) is 1.37. The van der Waals surface area contributed by atoms with Crippen LogP contribution in [0.15, 0.2) is 24.3 Å². The molecule has 3 heteroatoms. The van der Waals surface area contributed by atoms with Crippen LogP contribution in [0.2, 0.25) is 0 Å². The van der Waals surface area contributed by atoms with Crippen molar-refractivity contribution in [3.8, 4) is 0 Å². The molecule has 0 fully saturated rings. The molecule has 0 saturated carbocycles. The summed E-state index contributed by atoms with van der Waals surface area (Å²) in [7, 11) is 0. The van der Waals surface area contributed by atoms with Gasteiger partial charge in [0.1, 0.15) is 0 Å². The summed E-state index contributed by atoms with van der Waals surface area (Å²) < 4.78 is 1.28. The minimum absolute atomic E-state index is 0. The molecule has 0 heterocycles. The molecule has 0 bridgehead atoms. The average molecular weight is 284 g/mol. The van der Waals surface area contributed by atoms with Crippen molar-refractivity contribution in [3.05, 3.63) is 27.8 Å². The normalized spacial score (nSPS) is 8.55. The zero-order valence-corrected chi connectivity index (χ0v) is 9.28. The SMILES string of the molecule is CCNc1ccccc1I.Cl. The van der Waals surface area contributed by atoms with Gasteiger partial charge in [0.05, 0.1) is 0 Å². The Morgan fingerprint density at radius 1 is 1.36 bits per heavy atom. The van der Waals surface area contributed by atoms with Crippen molar-refractivity contribution in [2.45, 2.75) is 6.92 Å². The first-order valence-corrected chi connectivity index (χ1v) is 4.41. The molecule has 11 heavy (non-hydrogen) atoms. The van der Waals surface area contributed by atoms with E-state index in [1.807, 2.05) is 12.1 Å². The zero-order chi connectivity index (χ0) is 7.40. The Morgan fingerprint density at radius 3 is 2.55 bits per heavy atom. The summed E-state index contributed by atoms with van der Waals surface area (Å²) in [5, 5.41) is 3.27. The zero-order valence-electron chi connectivity index (χ0n) is 6.30. The highest BCUT2D eigenvalue weighted by molar-refractivity contribution is 14.1. The van der Waals surface area contributed by atoms with Crippen molar-refractivity contribution in [2.24, 2.45) is 0 Å². The van der Waals surface area contributed by atoms with Gasteiger partial charge in [0.25, 0.3) is 0 Å². The van der Waals surface area contributed by atoms with Gasteiger partial charge in [-0.1, -0.05) is 12.1 Å². The lowest BCUT2D eigenvalue weighted by molar-refractivity contribution is 1.21. The molecule has 0 radical (unpaired) electrons. The fraction of sp³-hybridized carbons (Fsp3) is 0.250. The van der Waals surface area contributed by atoms with Crippen molar-refractivity contribution in [1.29, 1.82) is 0 Å². The molecular weight excluding hydrogens is 272 g/mol. The number of rotatable bonds is 2. The van der Waals surface area contributed by atoms with E-state index in [-0.39, 0.29) is 12.4 Å². The smallest absolute Gasteiger partial charge is 0.0475 e. The second kappa shape index (κ2) is 5.66. The molecule has 1 N–H and O–H groups in total. The van der Waals surface area contributed by atoms with E-state index in [1.165, 1.54) is 9.26 Å². The molecule has 1 rings (SSSR count). The molecule has 0 atom stereocenters. The van der Waals surface area contributed by atoms with E-state index < -0.39 is 0 Å². The summed E-state index contributed by atoms with van der Waals surface area (Å²) in [6, 6.07) is 8.27. The van der Waals surface area contributed by atoms with Crippen molar-refractivity contribution >= 4 is 40.7 Å². The molecule has 0 spiro atoms. The number of para-hydroxylation sites is 1. The van der Waals surface area contributed by atoms with Crippen LogP contribution in [0.5, 0.6) is 0 Å². The summed E-state index contributed by atoms with van der Waals surface area (Å²) >= 11 is 2.32. The van der Waals surface area contributed by atoms with E-state index in [0.29, 0.717) is 0 Å². The number of hydrogen-bond donors (Lipinski definition) is 1. The number of anilines is 1. The van der Waals surface area contributed by atoms with Gasteiger partial charge in [-0.15, -0.1) is 12.4 Å². The Morgan fingerprint density at radius 2 is 2.00 bits per heavy atom. The fourth-order valence-electron chi connectivity index (χ4n) is 0.795. The maximum absolute atomic E-state index is 3.27. The van der Waals surface area contributed by atoms with Gasteiger partial charge in [0.2, 0.25) is 0 Å². The van der Waals surface area contributed by atoms with Gasteiger partial charge in [0, 0.05) is 15.8 Å². The highest BCUT2D eigenvalue weighted by Crippen LogP contribution is 2.15. The number of nitrogens with one attached hydrogen (secondary N) is 1. The highest BCUT2D eigenvalue weighted by atomic mass is 127. The van der Waals surface area contributed by atoms with E-state index >= 15 is 0 Å². The van der Waals surface area contributed by atoms with Gasteiger partial charge in [0.15, 0.2) is 0 Å². The minimum Gasteiger partial charge on any atom is -0.384 e. The lowest BCUT2D eigenvalue weighted by Crippen LogP contribution is -1.97. The first-order valence-electron chi connectivity index (χ1n) is 3.33. The lowest BCUT2D eigenvalue weighted by atomic mass is 10.3. The van der Waals surface area contributed by atoms with Crippen LogP contribution in [-0.2, 0) is 0 Å². The van der Waals surface area contributed by atoms with Crippen LogP contribution in [0.4, 0.5) is 5.69 Å². The van der Waals surface area contributed by atoms with Crippen molar-refractivity contribution in [1.82, 2.24) is 0 Å². The summed E-state index contributed by atoms with van der Waals surface area (Å²) in [5.74, 6) is 0. The number of halogens is 2. The van der Waals surface area contributed by atoms with Crippen LogP contribution in [0, 0.1) is 3.57 Å². The van der Waals surface area contributed by atoms with Gasteiger partial charge in [-0.2, -0.15) is 0 Å². The highest BCUT2D eigenvalue weighted by Gasteiger charge is 1.92. The predicted molar refractivity (Wildman–Crippen MR) is 60.6 cm³/mol. The second-order valence-electron chi connectivity index (χ2n) is 2.01. The van der Waals surface area contributed by atoms with E-state index in [9.17, 15) is 0 Å². The van der Waals surface area contributed by atoms with Gasteiger partial charge >= 0.3 is 0 Å². The Balaban J connectivity index is 0.000001000. The summed E-state index contributed by atoms with van der Waals surface area (Å²) in [6.07, 6.45) is 0. The molecule has 1 aromatic carbocycles. The van der Waals surface area contributed by atoms with E-state index in [1.54, 1.807) is 0 Å². The standard InChI is InChI=1S/C8H10IN.ClH/c1-2-10-8-6-4-3-5-7(8)9;/h3-6,10H,2H2,1H3;1H. The molecule has 0 aliphatic carbocycles. The van der Waals surface area contributed by atoms with Gasteiger partial charge in [-0.05, 0) is 41.6 Å². The molecule has 0 aromatic heterocycles. The Kier molecular flexibility index (Phi) is 5.68. The molecule has 1 nitrogen and oxygen atoms in total. The van der Waals surface area contributed by atoms with E-state index in [4.69, 9.17) is 0 Å². The first kappa shape index (κ1) is 11.0. The minimum atomic E-state index is 0. The molecule has 0 saturated heterocycles. The Hall–Kier alpha value is 0.0400. The molecule has 0 aliphatic rings. The summed E-state index contributed by atoms with van der Waals surface area (Å²) in [6.45, 7) is 3.09. The van der Waals surface area contributed by atoms with E-state index in [0.717, 1.165) is 6.54 Å². The third-order valence-electron chi connectivity index (χ3n) is 1.24. The maximum atomic E-state index is 3.27. The van der Waals surface area contributed by atoms with Crippen molar-refractivity contribution in [3.63, 3.8) is 0 Å². The number of benzene rings is 1. The molecule has 0 aliphatic heterocycles. The quantitative estimate of drug-likeness (QED) is 0.822. The van der Waals surface area contributed by atoms with E-state index in [2.05, 4.69) is 47.0 Å². The van der Waals surface area contributed by atoms with Crippen LogP contribution in [0.1, 0.15) is 6.92 Å². The molecular formula is C8H11ClIN. The largest absolute Gasteiger partial charge is 0.384 e. The van der Waals surface area contributed by atoms with Crippen molar-refractivity contribution in [2.75, 3.05) is 11.9 Å². The predicted octanol–water partition coefficient (Wildman–Crippen LogP) is 3.14. The summed E-state index contributed by atoms with van der Waals surface area (Å²) in [4.78, 5) is 0. The third-order valence-corrected chi connectivity index (χ3v) is 2.18.